The molecule has 0 aromatic carbocycles. The van der Waals surface area contributed by atoms with Crippen LogP contribution in [0.15, 0.2) is 6.08 Å². The smallest absolute Gasteiger partial charge is 0.246 e. The molecule has 1 aliphatic rings. The maximum absolute atomic E-state index is 12.0. The largest absolute Gasteiger partial charge is 0.386 e. The standard InChI is InChI=1S/C14H20ClN3O2/c1-4-7-14(20)8-18(9-14)12(19)6-5-11-10(2)16-17(3)13(11)15/h5-6,20H,4,7-9H2,1-3H3. The summed E-state index contributed by atoms with van der Waals surface area (Å²) in [6.07, 6.45) is 4.82. The predicted molar refractivity (Wildman–Crippen MR) is 78.4 cm³/mol. The molecule has 2 rings (SSSR count). The average molecular weight is 298 g/mol. The van der Waals surface area contributed by atoms with E-state index < -0.39 is 5.60 Å². The van der Waals surface area contributed by atoms with Gasteiger partial charge in [0.25, 0.3) is 0 Å². The van der Waals surface area contributed by atoms with E-state index in [1.54, 1.807) is 22.7 Å². The molecule has 1 aromatic heterocycles. The third-order valence-electron chi connectivity index (χ3n) is 3.59. The lowest BCUT2D eigenvalue weighted by molar-refractivity contribution is -0.151. The van der Waals surface area contributed by atoms with Gasteiger partial charge in [0.1, 0.15) is 5.15 Å². The Kier molecular flexibility index (Phi) is 4.20. The Bertz CT molecular complexity index is 545. The van der Waals surface area contributed by atoms with Gasteiger partial charge in [0.2, 0.25) is 5.91 Å². The first kappa shape index (κ1) is 15.1. The number of hydrogen-bond acceptors (Lipinski definition) is 3. The van der Waals surface area contributed by atoms with Gasteiger partial charge in [-0.1, -0.05) is 24.9 Å². The van der Waals surface area contributed by atoms with Crippen LogP contribution in [0.2, 0.25) is 5.15 Å². The van der Waals surface area contributed by atoms with E-state index in [0.29, 0.717) is 18.2 Å². The van der Waals surface area contributed by atoms with Crippen molar-refractivity contribution in [3.05, 3.63) is 22.5 Å². The van der Waals surface area contributed by atoms with Gasteiger partial charge in [0, 0.05) is 18.7 Å². The number of carbonyl (C=O) groups excluding carboxylic acids is 1. The molecule has 0 saturated carbocycles. The number of halogens is 1. The van der Waals surface area contributed by atoms with Crippen molar-refractivity contribution in [2.45, 2.75) is 32.3 Å². The number of rotatable bonds is 4. The maximum Gasteiger partial charge on any atom is 0.246 e. The van der Waals surface area contributed by atoms with Crippen molar-refractivity contribution >= 4 is 23.6 Å². The van der Waals surface area contributed by atoms with E-state index in [1.807, 2.05) is 13.8 Å². The number of hydrogen-bond donors (Lipinski definition) is 1. The Hall–Kier alpha value is -1.33. The molecule has 5 nitrogen and oxygen atoms in total. The first-order chi connectivity index (χ1) is 9.36. The Labute approximate surface area is 123 Å². The van der Waals surface area contributed by atoms with Crippen LogP contribution in [-0.4, -0.2) is 44.4 Å². The van der Waals surface area contributed by atoms with Crippen LogP contribution in [0.25, 0.3) is 6.08 Å². The van der Waals surface area contributed by atoms with E-state index in [-0.39, 0.29) is 5.91 Å². The summed E-state index contributed by atoms with van der Waals surface area (Å²) in [4.78, 5) is 13.6. The van der Waals surface area contributed by atoms with Crippen LogP contribution in [0.1, 0.15) is 31.0 Å². The number of aliphatic hydroxyl groups is 1. The van der Waals surface area contributed by atoms with Crippen molar-refractivity contribution in [2.24, 2.45) is 7.05 Å². The molecule has 6 heteroatoms. The third kappa shape index (κ3) is 2.88. The summed E-state index contributed by atoms with van der Waals surface area (Å²) in [5, 5.41) is 14.7. The summed E-state index contributed by atoms with van der Waals surface area (Å²) in [5.41, 5.74) is 0.847. The van der Waals surface area contributed by atoms with E-state index >= 15 is 0 Å². The average Bonchev–Trinajstić information content (AvgIpc) is 2.58. The van der Waals surface area contributed by atoms with Crippen LogP contribution in [0.3, 0.4) is 0 Å². The van der Waals surface area contributed by atoms with Crippen molar-refractivity contribution in [3.63, 3.8) is 0 Å². The Balaban J connectivity index is 1.98. The summed E-state index contributed by atoms with van der Waals surface area (Å²) in [7, 11) is 1.76. The molecule has 1 aromatic rings. The highest BCUT2D eigenvalue weighted by molar-refractivity contribution is 6.31. The molecule has 0 spiro atoms. The topological polar surface area (TPSA) is 58.4 Å². The summed E-state index contributed by atoms with van der Waals surface area (Å²) < 4.78 is 1.57. The molecule has 0 aliphatic carbocycles. The Morgan fingerprint density at radius 3 is 2.70 bits per heavy atom. The van der Waals surface area contributed by atoms with Gasteiger partial charge >= 0.3 is 0 Å². The minimum atomic E-state index is -0.694. The number of aromatic nitrogens is 2. The second-order valence-corrected chi connectivity index (χ2v) is 5.77. The van der Waals surface area contributed by atoms with Gasteiger partial charge in [-0.05, 0) is 19.4 Å². The van der Waals surface area contributed by atoms with Gasteiger partial charge in [0.05, 0.1) is 24.4 Å². The first-order valence-corrected chi connectivity index (χ1v) is 7.12. The zero-order valence-corrected chi connectivity index (χ0v) is 12.8. The lowest BCUT2D eigenvalue weighted by Crippen LogP contribution is -2.63. The van der Waals surface area contributed by atoms with Crippen LogP contribution >= 0.6 is 11.6 Å². The van der Waals surface area contributed by atoms with Gasteiger partial charge in [0.15, 0.2) is 0 Å². The number of carbonyl (C=O) groups is 1. The molecule has 20 heavy (non-hydrogen) atoms. The number of nitrogens with zero attached hydrogens (tertiary/aromatic N) is 3. The molecule has 1 fully saturated rings. The molecule has 1 N–H and O–H groups in total. The highest BCUT2D eigenvalue weighted by Gasteiger charge is 2.41. The quantitative estimate of drug-likeness (QED) is 0.862. The second-order valence-electron chi connectivity index (χ2n) is 5.42. The highest BCUT2D eigenvalue weighted by Crippen LogP contribution is 2.26. The zero-order valence-electron chi connectivity index (χ0n) is 12.1. The first-order valence-electron chi connectivity index (χ1n) is 6.75. The van der Waals surface area contributed by atoms with Crippen LogP contribution in [0.4, 0.5) is 0 Å². The zero-order chi connectivity index (χ0) is 14.9. The molecular weight excluding hydrogens is 278 g/mol. The van der Waals surface area contributed by atoms with E-state index in [0.717, 1.165) is 24.1 Å². The van der Waals surface area contributed by atoms with Gasteiger partial charge in [-0.2, -0.15) is 5.10 Å². The lowest BCUT2D eigenvalue weighted by atomic mass is 9.89. The van der Waals surface area contributed by atoms with Crippen LogP contribution in [-0.2, 0) is 11.8 Å². The predicted octanol–water partition coefficient (Wildman–Crippen LogP) is 1.77. The van der Waals surface area contributed by atoms with Crippen molar-refractivity contribution in [2.75, 3.05) is 13.1 Å². The minimum Gasteiger partial charge on any atom is -0.386 e. The van der Waals surface area contributed by atoms with Crippen molar-refractivity contribution < 1.29 is 9.90 Å². The van der Waals surface area contributed by atoms with E-state index in [4.69, 9.17) is 11.6 Å². The van der Waals surface area contributed by atoms with Crippen molar-refractivity contribution in [1.29, 1.82) is 0 Å². The van der Waals surface area contributed by atoms with Gasteiger partial charge in [-0.25, -0.2) is 0 Å². The summed E-state index contributed by atoms with van der Waals surface area (Å²) >= 11 is 6.10. The summed E-state index contributed by atoms with van der Waals surface area (Å²) in [6, 6.07) is 0. The van der Waals surface area contributed by atoms with E-state index in [9.17, 15) is 9.90 Å². The van der Waals surface area contributed by atoms with Crippen LogP contribution in [0.5, 0.6) is 0 Å². The van der Waals surface area contributed by atoms with Crippen LogP contribution < -0.4 is 0 Å². The van der Waals surface area contributed by atoms with Gasteiger partial charge < -0.3 is 10.0 Å². The molecule has 0 atom stereocenters. The SMILES string of the molecule is CCCC1(O)CN(C(=O)C=Cc2c(C)nn(C)c2Cl)C1. The third-order valence-corrected chi connectivity index (χ3v) is 4.03. The molecule has 2 heterocycles. The van der Waals surface area contributed by atoms with E-state index in [1.165, 1.54) is 6.08 Å². The number of likely N-dealkylation sites (tertiary alicyclic amines) is 1. The van der Waals surface area contributed by atoms with Gasteiger partial charge in [-0.15, -0.1) is 0 Å². The number of aryl methyl sites for hydroxylation is 2. The lowest BCUT2D eigenvalue weighted by Gasteiger charge is -2.46. The normalized spacial score (nSPS) is 17.6. The highest BCUT2D eigenvalue weighted by atomic mass is 35.5. The molecule has 1 amide bonds. The fourth-order valence-corrected chi connectivity index (χ4v) is 2.78. The Morgan fingerprint density at radius 2 is 2.20 bits per heavy atom. The molecule has 1 aliphatic heterocycles. The number of β-amino-alcohol motifs (C(OH)–C–C–N with tert-alkyl or cyclic N) is 1. The molecule has 110 valence electrons. The monoisotopic (exact) mass is 297 g/mol. The molecule has 0 bridgehead atoms. The molecule has 0 unspecified atom stereocenters. The van der Waals surface area contributed by atoms with E-state index in [2.05, 4.69) is 5.10 Å². The maximum atomic E-state index is 12.0. The van der Waals surface area contributed by atoms with Crippen LogP contribution in [0, 0.1) is 6.92 Å². The molecular formula is C14H20ClN3O2. The van der Waals surface area contributed by atoms with Crippen molar-refractivity contribution in [1.82, 2.24) is 14.7 Å². The second kappa shape index (κ2) is 5.58. The minimum absolute atomic E-state index is 0.106. The summed E-state index contributed by atoms with van der Waals surface area (Å²) in [5.74, 6) is -0.106. The fraction of sp³-hybridized carbons (Fsp3) is 0.571. The Morgan fingerprint density at radius 1 is 1.55 bits per heavy atom. The summed E-state index contributed by atoms with van der Waals surface area (Å²) in [6.45, 7) is 4.68. The number of amides is 1. The molecule has 1 saturated heterocycles. The molecule has 0 radical (unpaired) electrons. The van der Waals surface area contributed by atoms with Crippen molar-refractivity contribution in [3.8, 4) is 0 Å². The fourth-order valence-electron chi connectivity index (χ4n) is 2.54. The van der Waals surface area contributed by atoms with Gasteiger partial charge in [-0.3, -0.25) is 9.48 Å².